The van der Waals surface area contributed by atoms with Gasteiger partial charge in [0.15, 0.2) is 0 Å². The Kier molecular flexibility index (Phi) is 5.80. The van der Waals surface area contributed by atoms with Gasteiger partial charge in [0.1, 0.15) is 0 Å². The minimum Gasteiger partial charge on any atom is -0.352 e. The van der Waals surface area contributed by atoms with Gasteiger partial charge in [-0.2, -0.15) is 0 Å². The number of hydrogen-bond donors (Lipinski definition) is 3. The summed E-state index contributed by atoms with van der Waals surface area (Å²) in [6, 6.07) is 6.64. The van der Waals surface area contributed by atoms with Gasteiger partial charge in [0.25, 0.3) is 11.1 Å². The first kappa shape index (κ1) is 18.2. The number of amides is 1. The van der Waals surface area contributed by atoms with Gasteiger partial charge in [-0.05, 0) is 30.9 Å². The highest BCUT2D eigenvalue weighted by molar-refractivity contribution is 5.85. The number of hydrogen-bond acceptors (Lipinski definition) is 4. The maximum absolute atomic E-state index is 12.3. The van der Waals surface area contributed by atoms with Crippen molar-refractivity contribution in [3.63, 3.8) is 0 Å². The number of carbonyl (C=O) groups excluding carboxylic acids is 1. The number of nitrogens with zero attached hydrogens (tertiary/aromatic N) is 1. The third kappa shape index (κ3) is 3.85. The predicted octanol–water partition coefficient (Wildman–Crippen LogP) is 0.355. The van der Waals surface area contributed by atoms with Crippen molar-refractivity contribution in [3.05, 3.63) is 45.0 Å². The zero-order chi connectivity index (χ0) is 16.4. The van der Waals surface area contributed by atoms with Crippen LogP contribution < -0.4 is 22.2 Å². The van der Waals surface area contributed by atoms with Crippen LogP contribution in [0.3, 0.4) is 0 Å². The van der Waals surface area contributed by atoms with Crippen LogP contribution in [0.4, 0.5) is 0 Å². The van der Waals surface area contributed by atoms with Crippen LogP contribution in [0.15, 0.2) is 33.9 Å². The van der Waals surface area contributed by atoms with Gasteiger partial charge in [0.2, 0.25) is 5.91 Å². The molecule has 0 saturated heterocycles. The standard InChI is InChI=1S/C16H20N4O3.ClH/c17-9-13(10-5-6-10)18-14(21)7-8-20-16(23)12-4-2-1-3-11(12)15(22)19-20;/h1-4,10,13H,5-9,17H2,(H,18,21)(H,19,22);1H. The van der Waals surface area contributed by atoms with Gasteiger partial charge in [0.05, 0.1) is 17.3 Å². The molecule has 8 heteroatoms. The van der Waals surface area contributed by atoms with E-state index >= 15 is 0 Å². The monoisotopic (exact) mass is 352 g/mol. The number of fused-ring (bicyclic) bond motifs is 1. The molecule has 1 fully saturated rings. The van der Waals surface area contributed by atoms with Crippen LogP contribution in [-0.4, -0.2) is 28.3 Å². The fourth-order valence-corrected chi connectivity index (χ4v) is 2.76. The molecule has 1 heterocycles. The lowest BCUT2D eigenvalue weighted by Crippen LogP contribution is -2.42. The number of halogens is 1. The van der Waals surface area contributed by atoms with E-state index in [4.69, 9.17) is 5.73 Å². The van der Waals surface area contributed by atoms with Gasteiger partial charge in [-0.1, -0.05) is 12.1 Å². The van der Waals surface area contributed by atoms with Crippen LogP contribution in [-0.2, 0) is 11.3 Å². The molecule has 130 valence electrons. The highest BCUT2D eigenvalue weighted by Gasteiger charge is 2.31. The van der Waals surface area contributed by atoms with E-state index < -0.39 is 0 Å². The first-order chi connectivity index (χ1) is 11.1. The quantitative estimate of drug-likeness (QED) is 0.697. The van der Waals surface area contributed by atoms with E-state index in [0.29, 0.717) is 23.2 Å². The molecule has 24 heavy (non-hydrogen) atoms. The maximum atomic E-state index is 12.3. The van der Waals surface area contributed by atoms with Crippen molar-refractivity contribution in [2.45, 2.75) is 31.8 Å². The average molecular weight is 353 g/mol. The van der Waals surface area contributed by atoms with Crippen molar-refractivity contribution in [2.75, 3.05) is 6.54 Å². The van der Waals surface area contributed by atoms with Gasteiger partial charge in [-0.25, -0.2) is 4.68 Å². The molecule has 2 aromatic rings. The van der Waals surface area contributed by atoms with E-state index in [9.17, 15) is 14.4 Å². The maximum Gasteiger partial charge on any atom is 0.273 e. The number of aromatic nitrogens is 2. The Morgan fingerprint density at radius 2 is 1.96 bits per heavy atom. The van der Waals surface area contributed by atoms with E-state index in [-0.39, 0.29) is 48.4 Å². The zero-order valence-corrected chi connectivity index (χ0v) is 14.0. The number of nitrogens with two attached hydrogens (primary N) is 1. The Labute approximate surface area is 144 Å². The third-order valence-corrected chi connectivity index (χ3v) is 4.24. The zero-order valence-electron chi connectivity index (χ0n) is 13.2. The summed E-state index contributed by atoms with van der Waals surface area (Å²) in [4.78, 5) is 36.3. The molecule has 1 aliphatic rings. The van der Waals surface area contributed by atoms with E-state index in [1.165, 1.54) is 4.68 Å². The van der Waals surface area contributed by atoms with Gasteiger partial charge >= 0.3 is 0 Å². The topological polar surface area (TPSA) is 110 Å². The highest BCUT2D eigenvalue weighted by atomic mass is 35.5. The molecule has 1 unspecified atom stereocenters. The van der Waals surface area contributed by atoms with Gasteiger partial charge in [-0.3, -0.25) is 19.5 Å². The summed E-state index contributed by atoms with van der Waals surface area (Å²) in [5, 5.41) is 6.13. The molecule has 1 aliphatic carbocycles. The van der Waals surface area contributed by atoms with Gasteiger partial charge < -0.3 is 11.1 Å². The fourth-order valence-electron chi connectivity index (χ4n) is 2.76. The second-order valence-corrected chi connectivity index (χ2v) is 5.94. The van der Waals surface area contributed by atoms with Crippen molar-refractivity contribution in [1.29, 1.82) is 0 Å². The van der Waals surface area contributed by atoms with E-state index in [2.05, 4.69) is 10.4 Å². The lowest BCUT2D eigenvalue weighted by molar-refractivity contribution is -0.122. The molecule has 1 atom stereocenters. The smallest absolute Gasteiger partial charge is 0.273 e. The summed E-state index contributed by atoms with van der Waals surface area (Å²) in [5.74, 6) is 0.320. The van der Waals surface area contributed by atoms with Crippen molar-refractivity contribution in [1.82, 2.24) is 15.1 Å². The third-order valence-electron chi connectivity index (χ3n) is 4.24. The number of carbonyl (C=O) groups is 1. The van der Waals surface area contributed by atoms with Crippen molar-refractivity contribution >= 4 is 29.1 Å². The van der Waals surface area contributed by atoms with E-state index in [0.717, 1.165) is 12.8 Å². The molecular weight excluding hydrogens is 332 g/mol. The number of benzene rings is 1. The van der Waals surface area contributed by atoms with Crippen LogP contribution in [0, 0.1) is 5.92 Å². The van der Waals surface area contributed by atoms with E-state index in [1.807, 2.05) is 0 Å². The Hall–Kier alpha value is -2.12. The molecule has 0 aliphatic heterocycles. The second kappa shape index (κ2) is 7.63. The average Bonchev–Trinajstić information content (AvgIpc) is 3.39. The van der Waals surface area contributed by atoms with Crippen molar-refractivity contribution < 1.29 is 4.79 Å². The molecule has 0 radical (unpaired) electrons. The van der Waals surface area contributed by atoms with Crippen LogP contribution in [0.1, 0.15) is 19.3 Å². The first-order valence-electron chi connectivity index (χ1n) is 7.81. The number of H-pyrrole nitrogens is 1. The molecule has 4 N–H and O–H groups in total. The lowest BCUT2D eigenvalue weighted by Gasteiger charge is -2.16. The molecular formula is C16H21ClN4O3. The minimum absolute atomic E-state index is 0. The number of aromatic amines is 1. The molecule has 7 nitrogen and oxygen atoms in total. The summed E-state index contributed by atoms with van der Waals surface area (Å²) in [5.41, 5.74) is 5.02. The summed E-state index contributed by atoms with van der Waals surface area (Å²) in [6.45, 7) is 0.551. The van der Waals surface area contributed by atoms with Crippen molar-refractivity contribution in [2.24, 2.45) is 11.7 Å². The summed E-state index contributed by atoms with van der Waals surface area (Å²) < 4.78 is 1.19. The Morgan fingerprint density at radius 1 is 1.29 bits per heavy atom. The van der Waals surface area contributed by atoms with Gasteiger partial charge in [0, 0.05) is 19.0 Å². The van der Waals surface area contributed by atoms with Crippen LogP contribution in [0.5, 0.6) is 0 Å². The van der Waals surface area contributed by atoms with Crippen molar-refractivity contribution in [3.8, 4) is 0 Å². The normalized spacial score (nSPS) is 14.9. The van der Waals surface area contributed by atoms with Crippen LogP contribution in [0.25, 0.3) is 10.8 Å². The molecule has 1 saturated carbocycles. The molecule has 1 amide bonds. The van der Waals surface area contributed by atoms with Crippen LogP contribution >= 0.6 is 12.4 Å². The lowest BCUT2D eigenvalue weighted by atomic mass is 10.2. The second-order valence-electron chi connectivity index (χ2n) is 5.94. The molecule has 1 aromatic heterocycles. The first-order valence-corrected chi connectivity index (χ1v) is 7.81. The number of nitrogens with one attached hydrogen (secondary N) is 2. The summed E-state index contributed by atoms with van der Waals surface area (Å²) in [7, 11) is 0. The van der Waals surface area contributed by atoms with Gasteiger partial charge in [-0.15, -0.1) is 12.4 Å². The Balaban J connectivity index is 0.00000208. The fraction of sp³-hybridized carbons (Fsp3) is 0.438. The molecule has 0 spiro atoms. The Bertz CT molecular complexity index is 841. The number of rotatable bonds is 6. The largest absolute Gasteiger partial charge is 0.352 e. The predicted molar refractivity (Wildman–Crippen MR) is 94.4 cm³/mol. The summed E-state index contributed by atoms with van der Waals surface area (Å²) >= 11 is 0. The van der Waals surface area contributed by atoms with Crippen LogP contribution in [0.2, 0.25) is 0 Å². The molecule has 1 aromatic carbocycles. The SMILES string of the molecule is Cl.NCC(NC(=O)CCn1[nH]c(=O)c2ccccc2c1=O)C1CC1. The van der Waals surface area contributed by atoms with E-state index in [1.54, 1.807) is 24.3 Å². The number of aryl methyl sites for hydroxylation is 1. The Morgan fingerprint density at radius 3 is 2.58 bits per heavy atom. The molecule has 3 rings (SSSR count). The molecule has 0 bridgehead atoms. The summed E-state index contributed by atoms with van der Waals surface area (Å²) in [6.07, 6.45) is 2.32. The minimum atomic E-state index is -0.335. The highest BCUT2D eigenvalue weighted by Crippen LogP contribution is 2.32.